The maximum absolute atomic E-state index is 10.5. The first-order chi connectivity index (χ1) is 5.52. The van der Waals surface area contributed by atoms with Crippen LogP contribution in [0.25, 0.3) is 0 Å². The smallest absolute Gasteiger partial charge is 0.359 e. The van der Waals surface area contributed by atoms with Gasteiger partial charge >= 0.3 is 5.97 Å². The zero-order chi connectivity index (χ0) is 9.19. The topological polar surface area (TPSA) is 40.5 Å². The number of hydrogen-bond acceptors (Lipinski definition) is 2. The van der Waals surface area contributed by atoms with Gasteiger partial charge in [0, 0.05) is 13.1 Å². The van der Waals surface area contributed by atoms with Gasteiger partial charge in [-0.3, -0.25) is 4.90 Å². The summed E-state index contributed by atoms with van der Waals surface area (Å²) >= 11 is 0. The van der Waals surface area contributed by atoms with Crippen molar-refractivity contribution in [2.24, 2.45) is 0 Å². The highest BCUT2D eigenvalue weighted by atomic mass is 127. The largest absolute Gasteiger partial charge is 1.00 e. The molecule has 1 aliphatic heterocycles. The zero-order valence-electron chi connectivity index (χ0n) is 8.16. The molecule has 1 fully saturated rings. The summed E-state index contributed by atoms with van der Waals surface area (Å²) in [7, 11) is 4.09. The zero-order valence-corrected chi connectivity index (χ0v) is 10.3. The lowest BCUT2D eigenvalue weighted by Gasteiger charge is -2.39. The van der Waals surface area contributed by atoms with Gasteiger partial charge in [-0.1, -0.05) is 0 Å². The Kier molecular flexibility index (Phi) is 5.16. The summed E-state index contributed by atoms with van der Waals surface area (Å²) in [4.78, 5) is 12.8. The lowest BCUT2D eigenvalue weighted by Crippen LogP contribution is -3.00. The molecule has 0 aromatic rings. The van der Waals surface area contributed by atoms with Gasteiger partial charge in [-0.25, -0.2) is 4.79 Å². The minimum Gasteiger partial charge on any atom is -1.00 e. The van der Waals surface area contributed by atoms with E-state index in [0.29, 0.717) is 4.48 Å². The number of carboxylic acids is 1. The first kappa shape index (κ1) is 13.1. The second-order valence-electron chi connectivity index (χ2n) is 3.92. The van der Waals surface area contributed by atoms with E-state index in [1.54, 1.807) is 0 Å². The van der Waals surface area contributed by atoms with Crippen LogP contribution in [-0.2, 0) is 4.79 Å². The summed E-state index contributed by atoms with van der Waals surface area (Å²) in [6, 6.07) is 0. The lowest BCUT2D eigenvalue weighted by atomic mass is 10.3. The molecule has 1 saturated heterocycles. The van der Waals surface area contributed by atoms with Gasteiger partial charge in [0.1, 0.15) is 0 Å². The van der Waals surface area contributed by atoms with Crippen LogP contribution in [-0.4, -0.2) is 67.3 Å². The van der Waals surface area contributed by atoms with Gasteiger partial charge in [-0.2, -0.15) is 0 Å². The standard InChI is InChI=1S/C8H16N2O2.HI/c1-9-3-5-10(2,6-4-9)7-8(11)12;/h3-7H2,1-2H3;1H. The number of aliphatic carboxylic acids is 1. The molecule has 13 heavy (non-hydrogen) atoms. The van der Waals surface area contributed by atoms with Crippen LogP contribution in [0.3, 0.4) is 0 Å². The van der Waals surface area contributed by atoms with E-state index in [1.165, 1.54) is 0 Å². The van der Waals surface area contributed by atoms with Crippen molar-refractivity contribution in [3.05, 3.63) is 0 Å². The number of rotatable bonds is 2. The fourth-order valence-corrected chi connectivity index (χ4v) is 1.53. The van der Waals surface area contributed by atoms with Crippen LogP contribution in [0.1, 0.15) is 0 Å². The minimum atomic E-state index is -0.693. The Balaban J connectivity index is 0.00000144. The van der Waals surface area contributed by atoms with Crippen molar-refractivity contribution in [2.45, 2.75) is 0 Å². The maximum Gasteiger partial charge on any atom is 0.359 e. The van der Waals surface area contributed by atoms with Crippen LogP contribution in [0.5, 0.6) is 0 Å². The molecule has 0 unspecified atom stereocenters. The van der Waals surface area contributed by atoms with Crippen molar-refractivity contribution in [2.75, 3.05) is 46.8 Å². The van der Waals surface area contributed by atoms with E-state index in [1.807, 2.05) is 7.05 Å². The third-order valence-electron chi connectivity index (χ3n) is 2.56. The van der Waals surface area contributed by atoms with Crippen molar-refractivity contribution in [1.82, 2.24) is 4.90 Å². The van der Waals surface area contributed by atoms with E-state index < -0.39 is 5.97 Å². The van der Waals surface area contributed by atoms with E-state index in [9.17, 15) is 4.79 Å². The number of carboxylic acid groups (broad SMARTS) is 1. The molecule has 4 nitrogen and oxygen atoms in total. The molecule has 1 aliphatic rings. The number of nitrogens with zero attached hydrogens (tertiary/aromatic N) is 2. The number of carbonyl (C=O) groups is 1. The van der Waals surface area contributed by atoms with Gasteiger partial charge in [0.2, 0.25) is 0 Å². The molecule has 1 N–H and O–H groups in total. The molecule has 0 spiro atoms. The molecule has 1 heterocycles. The Morgan fingerprint density at radius 3 is 2.31 bits per heavy atom. The van der Waals surface area contributed by atoms with E-state index in [2.05, 4.69) is 11.9 Å². The van der Waals surface area contributed by atoms with Gasteiger partial charge in [-0.05, 0) is 7.05 Å². The highest BCUT2D eigenvalue weighted by Crippen LogP contribution is 2.07. The molecule has 0 atom stereocenters. The predicted molar refractivity (Wildman–Crippen MR) is 45.9 cm³/mol. The quantitative estimate of drug-likeness (QED) is 0.424. The molecule has 5 heteroatoms. The van der Waals surface area contributed by atoms with Crippen LogP contribution in [0.15, 0.2) is 0 Å². The fraction of sp³-hybridized carbons (Fsp3) is 0.875. The Hall–Kier alpha value is 0.120. The first-order valence-electron chi connectivity index (χ1n) is 4.26. The molecular formula is C8H17IN2O2. The fourth-order valence-electron chi connectivity index (χ4n) is 1.53. The highest BCUT2D eigenvalue weighted by molar-refractivity contribution is 5.67. The molecule has 0 aliphatic carbocycles. The van der Waals surface area contributed by atoms with Crippen molar-refractivity contribution >= 4 is 5.97 Å². The summed E-state index contributed by atoms with van der Waals surface area (Å²) in [5.74, 6) is -0.693. The summed E-state index contributed by atoms with van der Waals surface area (Å²) in [6.07, 6.45) is 0. The van der Waals surface area contributed by atoms with E-state index >= 15 is 0 Å². The lowest BCUT2D eigenvalue weighted by molar-refractivity contribution is -0.906. The van der Waals surface area contributed by atoms with Gasteiger partial charge in [0.05, 0.1) is 20.1 Å². The Morgan fingerprint density at radius 2 is 1.92 bits per heavy atom. The van der Waals surface area contributed by atoms with Gasteiger partial charge in [-0.15, -0.1) is 0 Å². The van der Waals surface area contributed by atoms with Crippen LogP contribution in [0.2, 0.25) is 0 Å². The Bertz CT molecular complexity index is 179. The average molecular weight is 300 g/mol. The minimum absolute atomic E-state index is 0. The van der Waals surface area contributed by atoms with E-state index in [0.717, 1.165) is 26.2 Å². The van der Waals surface area contributed by atoms with Crippen molar-refractivity contribution in [3.8, 4) is 0 Å². The molecule has 0 radical (unpaired) electrons. The van der Waals surface area contributed by atoms with Crippen LogP contribution < -0.4 is 24.0 Å². The maximum atomic E-state index is 10.5. The van der Waals surface area contributed by atoms with Crippen molar-refractivity contribution in [1.29, 1.82) is 0 Å². The number of hydrogen-bond donors (Lipinski definition) is 1. The summed E-state index contributed by atoms with van der Waals surface area (Å²) in [5.41, 5.74) is 0. The molecule has 78 valence electrons. The molecule has 0 aromatic carbocycles. The Labute approximate surface area is 96.1 Å². The van der Waals surface area contributed by atoms with Crippen molar-refractivity contribution < 1.29 is 38.4 Å². The molecular weight excluding hydrogens is 283 g/mol. The normalized spacial score (nSPS) is 22.0. The molecule has 0 amide bonds. The predicted octanol–water partition coefficient (Wildman–Crippen LogP) is -3.53. The second kappa shape index (κ2) is 5.11. The third kappa shape index (κ3) is 4.24. The van der Waals surface area contributed by atoms with Crippen molar-refractivity contribution in [3.63, 3.8) is 0 Å². The summed E-state index contributed by atoms with van der Waals surface area (Å²) < 4.78 is 0.680. The molecule has 0 aromatic heterocycles. The molecule has 0 saturated carbocycles. The number of halogens is 1. The monoisotopic (exact) mass is 300 g/mol. The first-order valence-corrected chi connectivity index (χ1v) is 4.26. The van der Waals surface area contributed by atoms with E-state index in [-0.39, 0.29) is 30.5 Å². The summed E-state index contributed by atoms with van der Waals surface area (Å²) in [5, 5.41) is 8.67. The SMILES string of the molecule is CN1CC[N+](C)(CC(=O)O)CC1.[I-]. The van der Waals surface area contributed by atoms with Gasteiger partial charge < -0.3 is 33.6 Å². The van der Waals surface area contributed by atoms with Crippen LogP contribution in [0.4, 0.5) is 0 Å². The second-order valence-corrected chi connectivity index (χ2v) is 3.92. The number of piperazine rings is 1. The number of quaternary nitrogens is 1. The van der Waals surface area contributed by atoms with E-state index in [4.69, 9.17) is 5.11 Å². The third-order valence-corrected chi connectivity index (χ3v) is 2.56. The van der Waals surface area contributed by atoms with Gasteiger partial charge in [0.15, 0.2) is 6.54 Å². The summed E-state index contributed by atoms with van der Waals surface area (Å²) in [6.45, 7) is 4.16. The molecule has 1 rings (SSSR count). The molecule has 0 bridgehead atoms. The van der Waals surface area contributed by atoms with Crippen LogP contribution >= 0.6 is 0 Å². The average Bonchev–Trinajstić information content (AvgIpc) is 1.94. The number of likely N-dealkylation sites (N-methyl/N-ethyl adjacent to an activating group) is 2. The highest BCUT2D eigenvalue weighted by Gasteiger charge is 2.29. The van der Waals surface area contributed by atoms with Crippen LogP contribution in [0, 0.1) is 0 Å². The van der Waals surface area contributed by atoms with Gasteiger partial charge in [0.25, 0.3) is 0 Å². The Morgan fingerprint density at radius 1 is 1.46 bits per heavy atom.